The maximum absolute atomic E-state index is 12.7. The molecule has 2 aliphatic heterocycles. The molecule has 0 aliphatic carbocycles. The van der Waals surface area contributed by atoms with Gasteiger partial charge in [-0.15, -0.1) is 0 Å². The van der Waals surface area contributed by atoms with Gasteiger partial charge in [0.1, 0.15) is 17.6 Å². The highest BCUT2D eigenvalue weighted by Gasteiger charge is 2.33. The molecule has 2 aromatic carbocycles. The zero-order chi connectivity index (χ0) is 18.9. The fraction of sp³-hybridized carbons (Fsp3) is 0.304. The van der Waals surface area contributed by atoms with Gasteiger partial charge in [0.25, 0.3) is 5.91 Å². The van der Waals surface area contributed by atoms with Gasteiger partial charge in [-0.3, -0.25) is 4.79 Å². The second-order valence-corrected chi connectivity index (χ2v) is 7.39. The third kappa shape index (κ3) is 3.12. The summed E-state index contributed by atoms with van der Waals surface area (Å²) in [5, 5.41) is 4.32. The van der Waals surface area contributed by atoms with Gasteiger partial charge in [0.2, 0.25) is 0 Å². The molecule has 3 aromatic rings. The SMILES string of the molecule is O=C([C@H]1CCCO1)N1CCc2onc(-c3ccc(-c4ccccc4)cc3)c2C1. The molecule has 0 radical (unpaired) electrons. The van der Waals surface area contributed by atoms with Crippen LogP contribution in [0.25, 0.3) is 22.4 Å². The molecular weight excluding hydrogens is 352 g/mol. The fourth-order valence-corrected chi connectivity index (χ4v) is 4.05. The Labute approximate surface area is 163 Å². The molecule has 5 nitrogen and oxygen atoms in total. The maximum atomic E-state index is 12.7. The van der Waals surface area contributed by atoms with Gasteiger partial charge in [-0.25, -0.2) is 0 Å². The number of fused-ring (bicyclic) bond motifs is 1. The third-order valence-electron chi connectivity index (χ3n) is 5.61. The standard InChI is InChI=1S/C23H22N2O3/c26-23(21-7-4-14-27-21)25-13-12-20-19(15-25)22(24-28-20)18-10-8-17(9-11-18)16-5-2-1-3-6-16/h1-3,5-6,8-11,21H,4,7,12-15H2/t21-/m1/s1. The van der Waals surface area contributed by atoms with Gasteiger partial charge >= 0.3 is 0 Å². The summed E-state index contributed by atoms with van der Waals surface area (Å²) < 4.78 is 11.2. The molecule has 1 atom stereocenters. The molecule has 28 heavy (non-hydrogen) atoms. The van der Waals surface area contributed by atoms with Crippen LogP contribution in [-0.4, -0.2) is 35.2 Å². The minimum absolute atomic E-state index is 0.0923. The summed E-state index contributed by atoms with van der Waals surface area (Å²) in [7, 11) is 0. The van der Waals surface area contributed by atoms with E-state index in [1.165, 1.54) is 5.56 Å². The van der Waals surface area contributed by atoms with Crippen LogP contribution in [0.5, 0.6) is 0 Å². The van der Waals surface area contributed by atoms with Gasteiger partial charge in [0.05, 0.1) is 6.54 Å². The van der Waals surface area contributed by atoms with Crippen molar-refractivity contribution in [3.8, 4) is 22.4 Å². The molecular formula is C23H22N2O3. The molecule has 5 rings (SSSR count). The zero-order valence-corrected chi connectivity index (χ0v) is 15.6. The van der Waals surface area contributed by atoms with E-state index in [9.17, 15) is 4.79 Å². The van der Waals surface area contributed by atoms with E-state index in [1.807, 2.05) is 23.1 Å². The number of hydrogen-bond acceptors (Lipinski definition) is 4. The molecule has 142 valence electrons. The predicted molar refractivity (Wildman–Crippen MR) is 105 cm³/mol. The van der Waals surface area contributed by atoms with E-state index in [0.29, 0.717) is 26.1 Å². The van der Waals surface area contributed by atoms with Crippen molar-refractivity contribution in [2.45, 2.75) is 31.9 Å². The van der Waals surface area contributed by atoms with Crippen LogP contribution in [0.15, 0.2) is 59.1 Å². The van der Waals surface area contributed by atoms with Crippen molar-refractivity contribution in [2.75, 3.05) is 13.2 Å². The number of benzene rings is 2. The quantitative estimate of drug-likeness (QED) is 0.693. The van der Waals surface area contributed by atoms with Crippen LogP contribution in [-0.2, 0) is 22.5 Å². The molecule has 1 fully saturated rings. The van der Waals surface area contributed by atoms with Crippen molar-refractivity contribution < 1.29 is 14.1 Å². The van der Waals surface area contributed by atoms with Gasteiger partial charge in [0.15, 0.2) is 0 Å². The number of carbonyl (C=O) groups excluding carboxylic acids is 1. The van der Waals surface area contributed by atoms with Gasteiger partial charge in [-0.1, -0.05) is 59.8 Å². The Morgan fingerprint density at radius 1 is 1.00 bits per heavy atom. The molecule has 1 saturated heterocycles. The van der Waals surface area contributed by atoms with Crippen LogP contribution in [0.4, 0.5) is 0 Å². The lowest BCUT2D eigenvalue weighted by atomic mass is 9.98. The molecule has 0 unspecified atom stereocenters. The van der Waals surface area contributed by atoms with Crippen molar-refractivity contribution in [2.24, 2.45) is 0 Å². The molecule has 1 aromatic heterocycles. The normalized spacial score (nSPS) is 18.9. The lowest BCUT2D eigenvalue weighted by Gasteiger charge is -2.28. The first-order chi connectivity index (χ1) is 13.8. The lowest BCUT2D eigenvalue weighted by molar-refractivity contribution is -0.141. The number of rotatable bonds is 3. The number of nitrogens with zero attached hydrogens (tertiary/aromatic N) is 2. The first-order valence-electron chi connectivity index (χ1n) is 9.83. The van der Waals surface area contributed by atoms with Crippen LogP contribution in [0.2, 0.25) is 0 Å². The molecule has 3 heterocycles. The van der Waals surface area contributed by atoms with Crippen molar-refractivity contribution in [1.82, 2.24) is 10.1 Å². The first-order valence-corrected chi connectivity index (χ1v) is 9.83. The Kier molecular flexibility index (Phi) is 4.45. The Morgan fingerprint density at radius 2 is 1.75 bits per heavy atom. The van der Waals surface area contributed by atoms with E-state index in [-0.39, 0.29) is 12.0 Å². The van der Waals surface area contributed by atoms with E-state index >= 15 is 0 Å². The molecule has 0 saturated carbocycles. The molecule has 2 aliphatic rings. The Hall–Kier alpha value is -2.92. The summed E-state index contributed by atoms with van der Waals surface area (Å²) in [5.41, 5.74) is 5.21. The van der Waals surface area contributed by atoms with Crippen LogP contribution >= 0.6 is 0 Å². The molecule has 0 bridgehead atoms. The maximum Gasteiger partial charge on any atom is 0.252 e. The summed E-state index contributed by atoms with van der Waals surface area (Å²) in [6.45, 7) is 1.88. The first kappa shape index (κ1) is 17.2. The van der Waals surface area contributed by atoms with E-state index < -0.39 is 0 Å². The van der Waals surface area contributed by atoms with Gasteiger partial charge in [0, 0.05) is 30.7 Å². The second kappa shape index (κ2) is 7.24. The number of aromatic nitrogens is 1. The van der Waals surface area contributed by atoms with Crippen LogP contribution < -0.4 is 0 Å². The summed E-state index contributed by atoms with van der Waals surface area (Å²) in [6, 6.07) is 18.6. The Morgan fingerprint density at radius 3 is 2.50 bits per heavy atom. The lowest BCUT2D eigenvalue weighted by Crippen LogP contribution is -2.41. The van der Waals surface area contributed by atoms with E-state index in [0.717, 1.165) is 41.0 Å². The third-order valence-corrected chi connectivity index (χ3v) is 5.61. The topological polar surface area (TPSA) is 55.6 Å². The fourth-order valence-electron chi connectivity index (χ4n) is 4.05. The monoisotopic (exact) mass is 374 g/mol. The van der Waals surface area contributed by atoms with Crippen LogP contribution in [0.1, 0.15) is 24.2 Å². The van der Waals surface area contributed by atoms with Gasteiger partial charge < -0.3 is 14.2 Å². The minimum atomic E-state index is -0.282. The highest BCUT2D eigenvalue weighted by molar-refractivity contribution is 5.82. The van der Waals surface area contributed by atoms with Crippen molar-refractivity contribution in [3.05, 3.63) is 65.9 Å². The summed E-state index contributed by atoms with van der Waals surface area (Å²) in [6.07, 6.45) is 2.19. The highest BCUT2D eigenvalue weighted by atomic mass is 16.5. The zero-order valence-electron chi connectivity index (χ0n) is 15.6. The van der Waals surface area contributed by atoms with Crippen LogP contribution in [0, 0.1) is 0 Å². The average Bonchev–Trinajstić information content (AvgIpc) is 3.44. The minimum Gasteiger partial charge on any atom is -0.368 e. The number of hydrogen-bond donors (Lipinski definition) is 0. The molecule has 5 heteroatoms. The molecule has 0 N–H and O–H groups in total. The van der Waals surface area contributed by atoms with E-state index in [1.54, 1.807) is 0 Å². The Balaban J connectivity index is 1.39. The molecule has 0 spiro atoms. The van der Waals surface area contributed by atoms with Crippen LogP contribution in [0.3, 0.4) is 0 Å². The summed E-state index contributed by atoms with van der Waals surface area (Å²) in [5.74, 6) is 0.980. The highest BCUT2D eigenvalue weighted by Crippen LogP contribution is 2.32. The smallest absolute Gasteiger partial charge is 0.252 e. The summed E-state index contributed by atoms with van der Waals surface area (Å²) >= 11 is 0. The second-order valence-electron chi connectivity index (χ2n) is 7.39. The van der Waals surface area contributed by atoms with Gasteiger partial charge in [-0.05, 0) is 24.0 Å². The number of amides is 1. The van der Waals surface area contributed by atoms with Crippen molar-refractivity contribution >= 4 is 5.91 Å². The largest absolute Gasteiger partial charge is 0.368 e. The molecule has 1 amide bonds. The average molecular weight is 374 g/mol. The number of carbonyl (C=O) groups is 1. The van der Waals surface area contributed by atoms with Crippen molar-refractivity contribution in [3.63, 3.8) is 0 Å². The Bertz CT molecular complexity index is 973. The van der Waals surface area contributed by atoms with Crippen molar-refractivity contribution in [1.29, 1.82) is 0 Å². The predicted octanol–water partition coefficient (Wildman–Crippen LogP) is 4.07. The van der Waals surface area contributed by atoms with Gasteiger partial charge in [-0.2, -0.15) is 0 Å². The van der Waals surface area contributed by atoms with E-state index in [4.69, 9.17) is 9.26 Å². The van der Waals surface area contributed by atoms with E-state index in [2.05, 4.69) is 41.6 Å². The number of ether oxygens (including phenoxy) is 1. The summed E-state index contributed by atoms with van der Waals surface area (Å²) in [4.78, 5) is 14.6.